The SMILES string of the molecule is CCN(CC(=O)O)C(=O)CNC(=O)c1ccc2c(c1)OCO2. The van der Waals surface area contributed by atoms with Gasteiger partial charge in [0.1, 0.15) is 6.54 Å². The van der Waals surface area contributed by atoms with E-state index in [0.29, 0.717) is 17.1 Å². The number of carboxylic acids is 1. The molecule has 1 aromatic carbocycles. The highest BCUT2D eigenvalue weighted by molar-refractivity contribution is 5.97. The number of likely N-dealkylation sites (N-methyl/N-ethyl adjacent to an activating group) is 1. The van der Waals surface area contributed by atoms with Gasteiger partial charge in [-0.25, -0.2) is 0 Å². The Hall–Kier alpha value is -2.77. The van der Waals surface area contributed by atoms with Gasteiger partial charge < -0.3 is 24.8 Å². The zero-order valence-corrected chi connectivity index (χ0v) is 12.0. The lowest BCUT2D eigenvalue weighted by molar-refractivity contribution is -0.143. The highest BCUT2D eigenvalue weighted by Gasteiger charge is 2.18. The second-order valence-electron chi connectivity index (χ2n) is 4.55. The molecule has 0 aliphatic carbocycles. The van der Waals surface area contributed by atoms with Crippen LogP contribution < -0.4 is 14.8 Å². The van der Waals surface area contributed by atoms with Crippen LogP contribution in [0.15, 0.2) is 18.2 Å². The van der Waals surface area contributed by atoms with E-state index >= 15 is 0 Å². The number of carbonyl (C=O) groups is 3. The molecule has 1 aromatic rings. The van der Waals surface area contributed by atoms with Gasteiger partial charge in [-0.2, -0.15) is 0 Å². The van der Waals surface area contributed by atoms with Crippen molar-refractivity contribution in [1.82, 2.24) is 10.2 Å². The minimum atomic E-state index is -1.10. The molecule has 0 bridgehead atoms. The average Bonchev–Trinajstić information content (AvgIpc) is 2.97. The quantitative estimate of drug-likeness (QED) is 0.771. The highest BCUT2D eigenvalue weighted by atomic mass is 16.7. The third-order valence-corrected chi connectivity index (χ3v) is 3.10. The summed E-state index contributed by atoms with van der Waals surface area (Å²) in [6.45, 7) is 1.37. The first-order valence-corrected chi connectivity index (χ1v) is 6.68. The molecular formula is C14H16N2O6. The van der Waals surface area contributed by atoms with Crippen molar-refractivity contribution in [3.05, 3.63) is 23.8 Å². The Bertz CT molecular complexity index is 601. The maximum Gasteiger partial charge on any atom is 0.323 e. The van der Waals surface area contributed by atoms with E-state index in [4.69, 9.17) is 14.6 Å². The minimum Gasteiger partial charge on any atom is -0.480 e. The number of nitrogens with one attached hydrogen (secondary N) is 1. The molecule has 0 atom stereocenters. The highest BCUT2D eigenvalue weighted by Crippen LogP contribution is 2.32. The predicted molar refractivity (Wildman–Crippen MR) is 74.8 cm³/mol. The van der Waals surface area contributed by atoms with E-state index in [0.717, 1.165) is 4.90 Å². The smallest absolute Gasteiger partial charge is 0.323 e. The van der Waals surface area contributed by atoms with Crippen molar-refractivity contribution in [2.24, 2.45) is 0 Å². The first kappa shape index (κ1) is 15.6. The van der Waals surface area contributed by atoms with E-state index in [2.05, 4.69) is 5.32 Å². The van der Waals surface area contributed by atoms with Crippen LogP contribution in [-0.2, 0) is 9.59 Å². The second kappa shape index (κ2) is 6.79. The number of ether oxygens (including phenoxy) is 2. The van der Waals surface area contributed by atoms with E-state index in [1.807, 2.05) is 0 Å². The first-order chi connectivity index (χ1) is 10.5. The van der Waals surface area contributed by atoms with Gasteiger partial charge in [-0.1, -0.05) is 0 Å². The van der Waals surface area contributed by atoms with Crippen molar-refractivity contribution in [2.45, 2.75) is 6.92 Å². The molecule has 2 rings (SSSR count). The Morgan fingerprint density at radius 1 is 1.27 bits per heavy atom. The summed E-state index contributed by atoms with van der Waals surface area (Å²) >= 11 is 0. The molecule has 0 aromatic heterocycles. The molecule has 0 fully saturated rings. The number of hydrogen-bond acceptors (Lipinski definition) is 5. The number of benzene rings is 1. The van der Waals surface area contributed by atoms with E-state index in [1.54, 1.807) is 19.1 Å². The van der Waals surface area contributed by atoms with Crippen LogP contribution in [0.3, 0.4) is 0 Å². The predicted octanol–water partition coefficient (Wildman–Crippen LogP) is 0.0782. The molecule has 2 N–H and O–H groups in total. The topological polar surface area (TPSA) is 105 Å². The van der Waals surface area contributed by atoms with Gasteiger partial charge >= 0.3 is 5.97 Å². The van der Waals surface area contributed by atoms with Gasteiger partial charge in [0.2, 0.25) is 12.7 Å². The molecule has 0 saturated heterocycles. The summed E-state index contributed by atoms with van der Waals surface area (Å²) in [5.74, 6) is -0.972. The van der Waals surface area contributed by atoms with Crippen molar-refractivity contribution in [3.8, 4) is 11.5 Å². The Morgan fingerprint density at radius 3 is 2.68 bits per heavy atom. The fraction of sp³-hybridized carbons (Fsp3) is 0.357. The van der Waals surface area contributed by atoms with Crippen LogP contribution in [0.4, 0.5) is 0 Å². The van der Waals surface area contributed by atoms with Crippen LogP contribution in [0.5, 0.6) is 11.5 Å². The zero-order chi connectivity index (χ0) is 16.1. The normalized spacial score (nSPS) is 11.9. The Morgan fingerprint density at radius 2 is 2.00 bits per heavy atom. The number of rotatable bonds is 6. The van der Waals surface area contributed by atoms with Crippen molar-refractivity contribution in [1.29, 1.82) is 0 Å². The fourth-order valence-corrected chi connectivity index (χ4v) is 1.95. The van der Waals surface area contributed by atoms with Gasteiger partial charge in [0.15, 0.2) is 11.5 Å². The number of nitrogens with zero attached hydrogens (tertiary/aromatic N) is 1. The monoisotopic (exact) mass is 308 g/mol. The number of carbonyl (C=O) groups excluding carboxylic acids is 2. The first-order valence-electron chi connectivity index (χ1n) is 6.68. The van der Waals surface area contributed by atoms with Crippen molar-refractivity contribution in [3.63, 3.8) is 0 Å². The summed E-state index contributed by atoms with van der Waals surface area (Å²) in [5, 5.41) is 11.2. The standard InChI is InChI=1S/C14H16N2O6/c1-2-16(7-13(18)19)12(17)6-15-14(20)9-3-4-10-11(5-9)22-8-21-10/h3-5H,2,6-8H2,1H3,(H,15,20)(H,18,19). The molecule has 0 radical (unpaired) electrons. The molecule has 0 saturated carbocycles. The van der Waals surface area contributed by atoms with Crippen molar-refractivity contribution >= 4 is 17.8 Å². The number of hydrogen-bond donors (Lipinski definition) is 2. The van der Waals surface area contributed by atoms with Crippen molar-refractivity contribution < 1.29 is 29.0 Å². The number of carboxylic acid groups (broad SMARTS) is 1. The Balaban J connectivity index is 1.92. The maximum absolute atomic E-state index is 12.0. The van der Waals surface area contributed by atoms with Crippen LogP contribution in [0.25, 0.3) is 0 Å². The summed E-state index contributed by atoms with van der Waals surface area (Å²) in [6.07, 6.45) is 0. The molecule has 8 heteroatoms. The molecule has 22 heavy (non-hydrogen) atoms. The largest absolute Gasteiger partial charge is 0.480 e. The van der Waals surface area contributed by atoms with Gasteiger partial charge in [-0.15, -0.1) is 0 Å². The molecule has 1 aliphatic heterocycles. The van der Waals surface area contributed by atoms with E-state index < -0.39 is 24.3 Å². The van der Waals surface area contributed by atoms with Gasteiger partial charge in [0.25, 0.3) is 5.91 Å². The van der Waals surface area contributed by atoms with E-state index in [1.165, 1.54) is 6.07 Å². The van der Waals surface area contributed by atoms with Crippen LogP contribution in [0, 0.1) is 0 Å². The lowest BCUT2D eigenvalue weighted by Crippen LogP contribution is -2.42. The lowest BCUT2D eigenvalue weighted by atomic mass is 10.2. The number of fused-ring (bicyclic) bond motifs is 1. The van der Waals surface area contributed by atoms with Crippen LogP contribution in [-0.4, -0.2) is 54.2 Å². The molecule has 0 unspecified atom stereocenters. The molecular weight excluding hydrogens is 292 g/mol. The number of amides is 2. The lowest BCUT2D eigenvalue weighted by Gasteiger charge is -2.18. The molecule has 2 amide bonds. The summed E-state index contributed by atoms with van der Waals surface area (Å²) in [6, 6.07) is 4.70. The zero-order valence-electron chi connectivity index (χ0n) is 12.0. The molecule has 1 heterocycles. The Kier molecular flexibility index (Phi) is 4.82. The van der Waals surface area contributed by atoms with E-state index in [9.17, 15) is 14.4 Å². The third-order valence-electron chi connectivity index (χ3n) is 3.10. The summed E-state index contributed by atoms with van der Waals surface area (Å²) in [7, 11) is 0. The van der Waals surface area contributed by atoms with Gasteiger partial charge in [0, 0.05) is 12.1 Å². The van der Waals surface area contributed by atoms with E-state index in [-0.39, 0.29) is 19.9 Å². The molecule has 1 aliphatic rings. The second-order valence-corrected chi connectivity index (χ2v) is 4.55. The van der Waals surface area contributed by atoms with Gasteiger partial charge in [-0.05, 0) is 25.1 Å². The Labute approximate surface area is 126 Å². The fourth-order valence-electron chi connectivity index (χ4n) is 1.95. The molecule has 118 valence electrons. The van der Waals surface area contributed by atoms with Crippen LogP contribution in [0.1, 0.15) is 17.3 Å². The third kappa shape index (κ3) is 3.66. The summed E-state index contributed by atoms with van der Waals surface area (Å²) in [4.78, 5) is 35.6. The summed E-state index contributed by atoms with van der Waals surface area (Å²) < 4.78 is 10.3. The molecule has 8 nitrogen and oxygen atoms in total. The van der Waals surface area contributed by atoms with Crippen LogP contribution in [0.2, 0.25) is 0 Å². The average molecular weight is 308 g/mol. The minimum absolute atomic E-state index is 0.111. The van der Waals surface area contributed by atoms with Crippen molar-refractivity contribution in [2.75, 3.05) is 26.4 Å². The number of aliphatic carboxylic acids is 1. The molecule has 0 spiro atoms. The maximum atomic E-state index is 12.0. The van der Waals surface area contributed by atoms with Gasteiger partial charge in [-0.3, -0.25) is 14.4 Å². The van der Waals surface area contributed by atoms with Gasteiger partial charge in [0.05, 0.1) is 6.54 Å². The van der Waals surface area contributed by atoms with Crippen LogP contribution >= 0.6 is 0 Å². The summed E-state index contributed by atoms with van der Waals surface area (Å²) in [5.41, 5.74) is 0.332.